The first-order valence-electron chi connectivity index (χ1n) is 14.8. The summed E-state index contributed by atoms with van der Waals surface area (Å²) in [5, 5.41) is 17.2. The molecule has 248 valence electrons. The van der Waals surface area contributed by atoms with Crippen LogP contribution in [0.1, 0.15) is 121 Å². The van der Waals surface area contributed by atoms with E-state index in [2.05, 4.69) is 20.9 Å². The number of aliphatic carboxylic acids is 1. The van der Waals surface area contributed by atoms with Crippen molar-refractivity contribution in [2.24, 2.45) is 4.99 Å². The highest BCUT2D eigenvalue weighted by molar-refractivity contribution is 5.91. The van der Waals surface area contributed by atoms with Gasteiger partial charge in [0.2, 0.25) is 5.91 Å². The molecular weight excluding hydrogens is 560 g/mol. The Labute approximate surface area is 256 Å². The third-order valence-electron chi connectivity index (χ3n) is 5.42. The molecular formula is C30H54N4O9. The molecule has 2 atom stereocenters. The van der Waals surface area contributed by atoms with Crippen LogP contribution in [-0.2, 0) is 23.8 Å². The number of carboxylic acid groups (broad SMARTS) is 1. The Balaban J connectivity index is 4.84. The van der Waals surface area contributed by atoms with Crippen molar-refractivity contribution in [3.05, 3.63) is 0 Å². The van der Waals surface area contributed by atoms with Gasteiger partial charge in [0, 0.05) is 12.3 Å². The fraction of sp³-hybridized carbons (Fsp3) is 0.800. The highest BCUT2D eigenvalue weighted by atomic mass is 16.6. The van der Waals surface area contributed by atoms with E-state index in [4.69, 9.17) is 14.2 Å². The lowest BCUT2D eigenvalue weighted by Gasteiger charge is -2.23. The number of hydrogen-bond donors (Lipinski definition) is 4. The van der Waals surface area contributed by atoms with Crippen molar-refractivity contribution in [3.8, 4) is 0 Å². The van der Waals surface area contributed by atoms with Gasteiger partial charge in [-0.15, -0.1) is 0 Å². The van der Waals surface area contributed by atoms with E-state index in [0.29, 0.717) is 37.8 Å². The smallest absolute Gasteiger partial charge is 0.434 e. The minimum Gasteiger partial charge on any atom is -0.480 e. The second-order valence-electron chi connectivity index (χ2n) is 13.4. The number of nitrogens with one attached hydrogen (secondary N) is 3. The highest BCUT2D eigenvalue weighted by Crippen LogP contribution is 2.12. The topological polar surface area (TPSA) is 182 Å². The lowest BCUT2D eigenvalue weighted by molar-refractivity contribution is -0.139. The normalized spacial score (nSPS) is 13.8. The predicted octanol–water partition coefficient (Wildman–Crippen LogP) is 5.49. The molecule has 0 fully saturated rings. The lowest BCUT2D eigenvalue weighted by Crippen LogP contribution is -2.48. The average molecular weight is 615 g/mol. The van der Waals surface area contributed by atoms with E-state index in [9.17, 15) is 29.1 Å². The number of carbonyl (C=O) groups excluding carboxylic acids is 4. The van der Waals surface area contributed by atoms with E-state index < -0.39 is 53.1 Å². The molecule has 0 rings (SSSR count). The second kappa shape index (κ2) is 18.3. The van der Waals surface area contributed by atoms with Crippen molar-refractivity contribution >= 4 is 35.9 Å². The van der Waals surface area contributed by atoms with Crippen LogP contribution < -0.4 is 16.0 Å². The van der Waals surface area contributed by atoms with E-state index in [-0.39, 0.29) is 18.9 Å². The van der Waals surface area contributed by atoms with Gasteiger partial charge in [0.1, 0.15) is 28.9 Å². The summed E-state index contributed by atoms with van der Waals surface area (Å²) < 4.78 is 15.6. The molecule has 4 N–H and O–H groups in total. The van der Waals surface area contributed by atoms with Crippen molar-refractivity contribution < 1.29 is 43.3 Å². The molecule has 0 bridgehead atoms. The van der Waals surface area contributed by atoms with Crippen LogP contribution in [0.15, 0.2) is 4.99 Å². The Kier molecular flexibility index (Phi) is 16.9. The molecule has 0 saturated carbocycles. The van der Waals surface area contributed by atoms with Crippen molar-refractivity contribution in [2.45, 2.75) is 149 Å². The van der Waals surface area contributed by atoms with Crippen LogP contribution in [0.3, 0.4) is 0 Å². The molecule has 0 heterocycles. The minimum atomic E-state index is -1.18. The summed E-state index contributed by atoms with van der Waals surface area (Å²) in [7, 11) is 0. The van der Waals surface area contributed by atoms with Crippen molar-refractivity contribution in [1.29, 1.82) is 0 Å². The van der Waals surface area contributed by atoms with Crippen LogP contribution in [0.25, 0.3) is 0 Å². The van der Waals surface area contributed by atoms with E-state index >= 15 is 0 Å². The summed E-state index contributed by atoms with van der Waals surface area (Å²) in [5.41, 5.74) is -1.44. The number of carbonyl (C=O) groups is 5. The van der Waals surface area contributed by atoms with Crippen LogP contribution in [0.2, 0.25) is 0 Å². The van der Waals surface area contributed by atoms with Crippen molar-refractivity contribution in [3.63, 3.8) is 0 Å². The number of hydrogen-bond acceptors (Lipinski definition) is 8. The molecule has 0 aliphatic rings. The number of carboxylic acids is 1. The molecule has 0 aromatic rings. The molecule has 13 heteroatoms. The van der Waals surface area contributed by atoms with E-state index in [1.165, 1.54) is 0 Å². The molecule has 13 nitrogen and oxygen atoms in total. The number of nitrogens with zero attached hydrogens (tertiary/aromatic N) is 1. The molecule has 0 unspecified atom stereocenters. The zero-order valence-corrected chi connectivity index (χ0v) is 27.7. The van der Waals surface area contributed by atoms with E-state index in [0.717, 1.165) is 12.8 Å². The second-order valence-corrected chi connectivity index (χ2v) is 13.4. The molecule has 43 heavy (non-hydrogen) atoms. The Morgan fingerprint density at radius 3 is 1.63 bits per heavy atom. The molecule has 0 radical (unpaired) electrons. The summed E-state index contributed by atoms with van der Waals surface area (Å²) in [6.07, 6.45) is 1.96. The van der Waals surface area contributed by atoms with Gasteiger partial charge in [0.05, 0.1) is 0 Å². The third-order valence-corrected chi connectivity index (χ3v) is 5.42. The molecule has 0 aromatic heterocycles. The fourth-order valence-corrected chi connectivity index (χ4v) is 3.64. The van der Waals surface area contributed by atoms with Gasteiger partial charge in [0.15, 0.2) is 0 Å². The number of unbranched alkanes of at least 4 members (excludes halogenated alkanes) is 3. The average Bonchev–Trinajstić information content (AvgIpc) is 2.78. The number of aliphatic imine (C=N–C) groups is 1. The zero-order valence-electron chi connectivity index (χ0n) is 27.7. The maximum atomic E-state index is 12.9. The van der Waals surface area contributed by atoms with Gasteiger partial charge in [-0.1, -0.05) is 12.8 Å². The molecule has 0 spiro atoms. The van der Waals surface area contributed by atoms with Crippen LogP contribution >= 0.6 is 0 Å². The molecule has 0 aliphatic carbocycles. The van der Waals surface area contributed by atoms with Gasteiger partial charge >= 0.3 is 24.2 Å². The van der Waals surface area contributed by atoms with E-state index in [1.54, 1.807) is 69.2 Å². The van der Waals surface area contributed by atoms with Crippen LogP contribution in [0, 0.1) is 0 Å². The number of alkyl carbamates (subject to hydrolysis) is 2. The summed E-state index contributed by atoms with van der Waals surface area (Å²) >= 11 is 0. The maximum absolute atomic E-state index is 12.9. The standard InChI is InChI=1S/C30H54N4O9/c1-20(32-25(38)41-28(2,3)4)16-12-11-13-17-21(33-26(39)42-29(5,6)7)23(35)31-19-15-14-18-22(24(36)37)34-27(40)43-30(8,9)10/h21-22H,11-19H2,1-10H3,(H,31,35)(H,33,39)(H,34,40)(H,36,37)/t21-,22-/m0/s1. The largest absolute Gasteiger partial charge is 0.480 e. The molecule has 0 aliphatic heterocycles. The van der Waals surface area contributed by atoms with Gasteiger partial charge in [-0.05, 0) is 108 Å². The number of amides is 4. The van der Waals surface area contributed by atoms with Crippen molar-refractivity contribution in [1.82, 2.24) is 16.0 Å². The Hall–Kier alpha value is -3.38. The van der Waals surface area contributed by atoms with Crippen LogP contribution in [-0.4, -0.2) is 76.4 Å². The molecule has 4 amide bonds. The first-order valence-corrected chi connectivity index (χ1v) is 14.8. The summed E-state index contributed by atoms with van der Waals surface area (Å²) in [4.78, 5) is 64.5. The number of rotatable bonds is 15. The van der Waals surface area contributed by atoms with Crippen molar-refractivity contribution in [2.75, 3.05) is 6.54 Å². The Bertz CT molecular complexity index is 960. The summed E-state index contributed by atoms with van der Waals surface area (Å²) in [5.74, 6) is -1.56. The molecule has 0 aromatic carbocycles. The van der Waals surface area contributed by atoms with Crippen LogP contribution in [0.4, 0.5) is 14.4 Å². The summed E-state index contributed by atoms with van der Waals surface area (Å²) in [6.45, 7) is 17.6. The van der Waals surface area contributed by atoms with Crippen LogP contribution in [0.5, 0.6) is 0 Å². The minimum absolute atomic E-state index is 0.153. The third kappa shape index (κ3) is 22.8. The molecule has 0 saturated heterocycles. The first kappa shape index (κ1) is 39.6. The van der Waals surface area contributed by atoms with E-state index in [1.807, 2.05) is 0 Å². The SMILES string of the molecule is CC(CCCCC[C@H](NC(=O)OC(C)(C)C)C(=O)NCCCC[C@H](NC(=O)OC(C)(C)C)C(=O)O)=NC(=O)OC(C)(C)C. The van der Waals surface area contributed by atoms with Gasteiger partial charge in [0.25, 0.3) is 0 Å². The first-order chi connectivity index (χ1) is 19.6. The number of ether oxygens (including phenoxy) is 3. The predicted molar refractivity (Wildman–Crippen MR) is 163 cm³/mol. The maximum Gasteiger partial charge on any atom is 0.434 e. The Morgan fingerprint density at radius 1 is 0.674 bits per heavy atom. The van der Waals surface area contributed by atoms with Gasteiger partial charge in [-0.3, -0.25) is 4.79 Å². The quantitative estimate of drug-likeness (QED) is 0.105. The van der Waals surface area contributed by atoms with Gasteiger partial charge in [-0.25, -0.2) is 19.2 Å². The summed E-state index contributed by atoms with van der Waals surface area (Å²) in [6, 6.07) is -1.95. The zero-order chi connectivity index (χ0) is 33.4. The van der Waals surface area contributed by atoms with Gasteiger partial charge < -0.3 is 35.3 Å². The fourth-order valence-electron chi connectivity index (χ4n) is 3.64. The highest BCUT2D eigenvalue weighted by Gasteiger charge is 2.25. The van der Waals surface area contributed by atoms with Gasteiger partial charge in [-0.2, -0.15) is 4.99 Å². The lowest BCUT2D eigenvalue weighted by atomic mass is 10.0. The Morgan fingerprint density at radius 2 is 1.14 bits per heavy atom. The monoisotopic (exact) mass is 614 g/mol.